The van der Waals surface area contributed by atoms with Gasteiger partial charge in [-0.25, -0.2) is 9.37 Å². The molecule has 3 aliphatic heterocycles. The minimum Gasteiger partial charge on any atom is -0.507 e. The van der Waals surface area contributed by atoms with Gasteiger partial charge in [0.2, 0.25) is 5.79 Å². The van der Waals surface area contributed by atoms with E-state index in [4.69, 9.17) is 9.47 Å². The zero-order valence-corrected chi connectivity index (χ0v) is 20.9. The molecule has 2 aromatic carbocycles. The van der Waals surface area contributed by atoms with Gasteiger partial charge >= 0.3 is 0 Å². The number of hydrogen-bond donors (Lipinski definition) is 2. The summed E-state index contributed by atoms with van der Waals surface area (Å²) >= 11 is 0. The van der Waals surface area contributed by atoms with Gasteiger partial charge in [0.15, 0.2) is 23.1 Å². The molecule has 0 radical (unpaired) electrons. The first-order valence-electron chi connectivity index (χ1n) is 13.1. The van der Waals surface area contributed by atoms with Crippen LogP contribution in [-0.4, -0.2) is 56.4 Å². The maximum atomic E-state index is 15.3. The number of alkyl halides is 1. The molecule has 7 rings (SSSR count). The van der Waals surface area contributed by atoms with E-state index in [-0.39, 0.29) is 17.8 Å². The molecule has 0 unspecified atom stereocenters. The van der Waals surface area contributed by atoms with Gasteiger partial charge in [-0.05, 0) is 67.5 Å². The maximum Gasteiger partial charge on any atom is 0.246 e. The van der Waals surface area contributed by atoms with Crippen LogP contribution in [0.2, 0.25) is 0 Å². The number of phenols is 1. The largest absolute Gasteiger partial charge is 0.507 e. The molecule has 0 spiro atoms. The molecule has 1 aliphatic carbocycles. The average molecular weight is 504 g/mol. The van der Waals surface area contributed by atoms with Crippen LogP contribution in [0.15, 0.2) is 42.6 Å². The van der Waals surface area contributed by atoms with Crippen molar-refractivity contribution in [2.45, 2.75) is 82.1 Å². The topological polar surface area (TPSA) is 92.6 Å². The molecule has 2 saturated heterocycles. The fraction of sp³-hybridized carbons (Fsp3) is 0.464. The fourth-order valence-electron chi connectivity index (χ4n) is 6.04. The van der Waals surface area contributed by atoms with Gasteiger partial charge in [0.25, 0.3) is 0 Å². The van der Waals surface area contributed by atoms with E-state index in [2.05, 4.69) is 25.4 Å². The van der Waals surface area contributed by atoms with Crippen LogP contribution in [0.25, 0.3) is 22.5 Å². The van der Waals surface area contributed by atoms with Crippen LogP contribution in [0.3, 0.4) is 0 Å². The predicted molar refractivity (Wildman–Crippen MR) is 136 cm³/mol. The predicted octanol–water partition coefficient (Wildman–Crippen LogP) is 4.62. The number of benzene rings is 2. The molecular weight excluding hydrogens is 473 g/mol. The summed E-state index contributed by atoms with van der Waals surface area (Å²) < 4.78 is 26.9. The highest BCUT2D eigenvalue weighted by Crippen LogP contribution is 2.43. The molecule has 4 aliphatic rings. The van der Waals surface area contributed by atoms with Crippen LogP contribution >= 0.6 is 0 Å². The Bertz CT molecular complexity index is 1350. The van der Waals surface area contributed by atoms with Crippen molar-refractivity contribution in [3.05, 3.63) is 42.6 Å². The lowest BCUT2D eigenvalue weighted by Gasteiger charge is -2.40. The average Bonchev–Trinajstić information content (AvgIpc) is 3.54. The van der Waals surface area contributed by atoms with Crippen molar-refractivity contribution < 1.29 is 19.0 Å². The highest BCUT2D eigenvalue weighted by Gasteiger charge is 2.48. The Balaban J connectivity index is 1.13. The Morgan fingerprint density at radius 1 is 1.00 bits per heavy atom. The Morgan fingerprint density at radius 2 is 1.78 bits per heavy atom. The van der Waals surface area contributed by atoms with Gasteiger partial charge < -0.3 is 24.8 Å². The van der Waals surface area contributed by atoms with Crippen LogP contribution < -0.4 is 19.7 Å². The van der Waals surface area contributed by atoms with Crippen molar-refractivity contribution in [2.24, 2.45) is 0 Å². The Morgan fingerprint density at radius 3 is 2.54 bits per heavy atom. The van der Waals surface area contributed by atoms with E-state index in [0.29, 0.717) is 40.8 Å². The number of aromatic nitrogens is 3. The van der Waals surface area contributed by atoms with Gasteiger partial charge in [0, 0.05) is 32.0 Å². The molecule has 4 atom stereocenters. The van der Waals surface area contributed by atoms with E-state index >= 15 is 4.39 Å². The Labute approximate surface area is 214 Å². The van der Waals surface area contributed by atoms with Crippen LogP contribution in [-0.2, 0) is 0 Å². The lowest BCUT2D eigenvalue weighted by molar-refractivity contribution is -0.0431. The van der Waals surface area contributed by atoms with Crippen molar-refractivity contribution in [1.82, 2.24) is 20.5 Å². The smallest absolute Gasteiger partial charge is 0.246 e. The molecule has 1 aromatic heterocycles. The lowest BCUT2D eigenvalue weighted by atomic mass is 9.96. The van der Waals surface area contributed by atoms with Crippen LogP contribution in [0.5, 0.6) is 17.2 Å². The molecule has 1 saturated carbocycles. The second-order valence-corrected chi connectivity index (χ2v) is 11.1. The number of aromatic hydroxyl groups is 1. The van der Waals surface area contributed by atoms with E-state index in [9.17, 15) is 5.11 Å². The fourth-order valence-corrected chi connectivity index (χ4v) is 6.04. The second-order valence-electron chi connectivity index (χ2n) is 11.1. The lowest BCUT2D eigenvalue weighted by Crippen LogP contribution is -2.57. The third-order valence-electron chi connectivity index (χ3n) is 7.89. The van der Waals surface area contributed by atoms with Crippen molar-refractivity contribution in [2.75, 3.05) is 4.90 Å². The van der Waals surface area contributed by atoms with Crippen molar-refractivity contribution in [1.29, 1.82) is 0 Å². The van der Waals surface area contributed by atoms with Crippen LogP contribution in [0.4, 0.5) is 10.2 Å². The molecular formula is C28H30FN5O3. The number of phenolic OH excluding ortho intramolecular Hbond substituents is 1. The normalized spacial score (nSPS) is 27.3. The minimum absolute atomic E-state index is 0.0582. The number of ether oxygens (including phenoxy) is 2. The minimum atomic E-state index is -0.931. The van der Waals surface area contributed by atoms with E-state index in [1.807, 2.05) is 38.1 Å². The van der Waals surface area contributed by atoms with E-state index < -0.39 is 12.0 Å². The van der Waals surface area contributed by atoms with Crippen LogP contribution in [0.1, 0.15) is 46.0 Å². The third-order valence-corrected chi connectivity index (χ3v) is 7.89. The van der Waals surface area contributed by atoms with Crippen molar-refractivity contribution >= 4 is 5.82 Å². The second kappa shape index (κ2) is 8.28. The van der Waals surface area contributed by atoms with Crippen molar-refractivity contribution in [3.8, 4) is 39.8 Å². The summed E-state index contributed by atoms with van der Waals surface area (Å²) in [5.74, 6) is 1.68. The van der Waals surface area contributed by atoms with E-state index in [1.165, 1.54) is 0 Å². The molecule has 2 N–H and O–H groups in total. The molecule has 0 amide bonds. The first kappa shape index (κ1) is 22.7. The number of fused-ring (bicyclic) bond motifs is 3. The zero-order valence-electron chi connectivity index (χ0n) is 20.9. The van der Waals surface area contributed by atoms with E-state index in [1.54, 1.807) is 18.3 Å². The number of nitrogens with zero attached hydrogens (tertiary/aromatic N) is 4. The molecule has 4 heterocycles. The number of nitrogens with one attached hydrogen (secondary N) is 1. The highest BCUT2D eigenvalue weighted by atomic mass is 19.1. The standard InChI is InChI=1S/C28H30FN5O3/c1-28(2)36-23-10-4-16(12-24(23)37-28)15-3-8-19(22(35)11-15)27-30-14-25(32-33-27)34(18-6-7-18)21-13-17-5-9-20(31-17)26(21)29/h3-4,8,10-12,14,17-18,20-21,26,31,35H,5-7,9,13H2,1-2H3/t17-,20+,21+,26-/m0/s1. The van der Waals surface area contributed by atoms with Crippen molar-refractivity contribution in [3.63, 3.8) is 0 Å². The summed E-state index contributed by atoms with van der Waals surface area (Å²) in [6.45, 7) is 3.73. The van der Waals surface area contributed by atoms with Gasteiger partial charge in [-0.1, -0.05) is 12.1 Å². The zero-order chi connectivity index (χ0) is 25.3. The number of piperidine rings is 1. The third kappa shape index (κ3) is 4.05. The molecule has 3 aromatic rings. The summed E-state index contributed by atoms with van der Waals surface area (Å²) in [7, 11) is 0. The Hall–Kier alpha value is -3.46. The summed E-state index contributed by atoms with van der Waals surface area (Å²) in [6.07, 6.45) is 5.51. The van der Waals surface area contributed by atoms with Gasteiger partial charge in [-0.3, -0.25) is 0 Å². The van der Waals surface area contributed by atoms with Gasteiger partial charge in [0.05, 0.1) is 17.8 Å². The SMILES string of the molecule is CC1(C)Oc2ccc(-c3ccc(-c4ncc(N(C5CC5)[C@@H]5C[C@@H]6CC[C@@H](N6)[C@@H]5F)nn4)c(O)c3)cc2O1. The highest BCUT2D eigenvalue weighted by molar-refractivity contribution is 5.74. The van der Waals surface area contributed by atoms with Crippen LogP contribution in [0, 0.1) is 0 Å². The molecule has 9 heteroatoms. The quantitative estimate of drug-likeness (QED) is 0.521. The summed E-state index contributed by atoms with van der Waals surface area (Å²) in [4.78, 5) is 6.65. The summed E-state index contributed by atoms with van der Waals surface area (Å²) in [5, 5.41) is 23.0. The molecule has 2 bridgehead atoms. The number of hydrogen-bond acceptors (Lipinski definition) is 8. The first-order chi connectivity index (χ1) is 17.8. The summed E-state index contributed by atoms with van der Waals surface area (Å²) in [6, 6.07) is 11.5. The molecule has 37 heavy (non-hydrogen) atoms. The van der Waals surface area contributed by atoms with Gasteiger partial charge in [0.1, 0.15) is 11.9 Å². The monoisotopic (exact) mass is 503 g/mol. The van der Waals surface area contributed by atoms with E-state index in [0.717, 1.165) is 43.2 Å². The number of halogens is 1. The molecule has 192 valence electrons. The van der Waals surface area contributed by atoms with Gasteiger partial charge in [-0.2, -0.15) is 0 Å². The number of anilines is 1. The maximum absolute atomic E-state index is 15.3. The Kier molecular flexibility index (Phi) is 5.08. The molecule has 8 nitrogen and oxygen atoms in total. The molecule has 3 fully saturated rings. The van der Waals surface area contributed by atoms with Gasteiger partial charge in [-0.15, -0.1) is 10.2 Å². The first-order valence-corrected chi connectivity index (χ1v) is 13.1. The summed E-state index contributed by atoms with van der Waals surface area (Å²) in [5.41, 5.74) is 2.22. The number of rotatable bonds is 5.